The van der Waals surface area contributed by atoms with E-state index in [-0.39, 0.29) is 29.5 Å². The Kier molecular flexibility index (Phi) is 11.8. The number of nitrogens with two attached hydrogens (primary N) is 1. The van der Waals surface area contributed by atoms with E-state index >= 15 is 0 Å². The summed E-state index contributed by atoms with van der Waals surface area (Å²) < 4.78 is 0. The first-order valence-electron chi connectivity index (χ1n) is 7.39. The molecule has 1 unspecified atom stereocenters. The molecule has 0 aliphatic heterocycles. The first kappa shape index (κ1) is 22.2. The summed E-state index contributed by atoms with van der Waals surface area (Å²) in [6.07, 6.45) is 3.66. The van der Waals surface area contributed by atoms with E-state index in [0.29, 0.717) is 18.5 Å². The van der Waals surface area contributed by atoms with Gasteiger partial charge in [0.2, 0.25) is 0 Å². The summed E-state index contributed by atoms with van der Waals surface area (Å²) in [4.78, 5) is 6.60. The molecule has 5 heteroatoms. The van der Waals surface area contributed by atoms with Crippen molar-refractivity contribution in [3.63, 3.8) is 0 Å². The van der Waals surface area contributed by atoms with Crippen LogP contribution in [-0.2, 0) is 0 Å². The van der Waals surface area contributed by atoms with Gasteiger partial charge in [0, 0.05) is 11.6 Å². The fourth-order valence-corrected chi connectivity index (χ4v) is 1.62. The summed E-state index contributed by atoms with van der Waals surface area (Å²) >= 11 is 0. The first-order valence-corrected chi connectivity index (χ1v) is 7.39. The Hall–Kier alpha value is -0.0400. The second kappa shape index (κ2) is 10.7. The summed E-state index contributed by atoms with van der Waals surface area (Å²) in [7, 11) is 4.13. The van der Waals surface area contributed by atoms with Gasteiger partial charge in [-0.3, -0.25) is 4.99 Å². The summed E-state index contributed by atoms with van der Waals surface area (Å²) in [5, 5.41) is 3.27. The van der Waals surface area contributed by atoms with Gasteiger partial charge in [-0.25, -0.2) is 0 Å². The highest BCUT2D eigenvalue weighted by Gasteiger charge is 2.19. The predicted octanol–water partition coefficient (Wildman–Crippen LogP) is 3.06. The Morgan fingerprint density at radius 3 is 2.20 bits per heavy atom. The second-order valence-electron chi connectivity index (χ2n) is 6.78. The molecule has 0 fully saturated rings. The minimum Gasteiger partial charge on any atom is -0.370 e. The maximum atomic E-state index is 5.93. The van der Waals surface area contributed by atoms with Crippen molar-refractivity contribution in [3.8, 4) is 0 Å². The average Bonchev–Trinajstić information content (AvgIpc) is 2.25. The molecule has 20 heavy (non-hydrogen) atoms. The van der Waals surface area contributed by atoms with Gasteiger partial charge in [0.05, 0.1) is 6.54 Å². The van der Waals surface area contributed by atoms with E-state index in [1.165, 1.54) is 12.8 Å². The molecule has 0 amide bonds. The van der Waals surface area contributed by atoms with Crippen LogP contribution in [0.25, 0.3) is 0 Å². The van der Waals surface area contributed by atoms with Crippen LogP contribution in [-0.4, -0.2) is 43.1 Å². The zero-order chi connectivity index (χ0) is 15.1. The molecule has 122 valence electrons. The van der Waals surface area contributed by atoms with Crippen LogP contribution in [0, 0.1) is 5.92 Å². The lowest BCUT2D eigenvalue weighted by atomic mass is 10.0. The van der Waals surface area contributed by atoms with Crippen molar-refractivity contribution in [2.45, 2.75) is 65.5 Å². The Balaban J connectivity index is 0. The lowest BCUT2D eigenvalue weighted by molar-refractivity contribution is 0.205. The smallest absolute Gasteiger partial charge is 0.188 e. The van der Waals surface area contributed by atoms with Gasteiger partial charge < -0.3 is 16.0 Å². The van der Waals surface area contributed by atoms with Gasteiger partial charge in [0.25, 0.3) is 0 Å². The molecule has 0 radical (unpaired) electrons. The number of guanidine groups is 1. The molecule has 0 aromatic heterocycles. The fraction of sp³-hybridized carbons (Fsp3) is 0.933. The maximum absolute atomic E-state index is 5.93. The van der Waals surface area contributed by atoms with E-state index in [0.717, 1.165) is 12.3 Å². The molecule has 0 bridgehead atoms. The van der Waals surface area contributed by atoms with E-state index in [2.05, 4.69) is 63.9 Å². The topological polar surface area (TPSA) is 53.6 Å². The van der Waals surface area contributed by atoms with Gasteiger partial charge in [-0.05, 0) is 47.2 Å². The number of halogens is 1. The van der Waals surface area contributed by atoms with E-state index in [1.54, 1.807) is 0 Å². The van der Waals surface area contributed by atoms with Crippen LogP contribution in [0.4, 0.5) is 0 Å². The van der Waals surface area contributed by atoms with Crippen LogP contribution in [0.3, 0.4) is 0 Å². The molecule has 4 nitrogen and oxygen atoms in total. The van der Waals surface area contributed by atoms with Crippen molar-refractivity contribution in [1.29, 1.82) is 0 Å². The lowest BCUT2D eigenvalue weighted by Crippen LogP contribution is -2.44. The summed E-state index contributed by atoms with van der Waals surface area (Å²) in [6, 6.07) is 0.393. The third-order valence-corrected chi connectivity index (χ3v) is 3.66. The van der Waals surface area contributed by atoms with Gasteiger partial charge in [0.1, 0.15) is 0 Å². The van der Waals surface area contributed by atoms with Gasteiger partial charge >= 0.3 is 0 Å². The van der Waals surface area contributed by atoms with E-state index in [9.17, 15) is 0 Å². The summed E-state index contributed by atoms with van der Waals surface area (Å²) in [5.41, 5.74) is 5.97. The van der Waals surface area contributed by atoms with Crippen LogP contribution in [0.15, 0.2) is 4.99 Å². The molecule has 0 rings (SSSR count). The SMILES string of the molecule is CC(C)CCCC(C)NC(N)=NCC(C)(C)N(C)C.I. The third kappa shape index (κ3) is 10.7. The van der Waals surface area contributed by atoms with Crippen molar-refractivity contribution < 1.29 is 0 Å². The lowest BCUT2D eigenvalue weighted by Gasteiger charge is -2.31. The minimum absolute atomic E-state index is 0. The van der Waals surface area contributed by atoms with Crippen molar-refractivity contribution in [2.24, 2.45) is 16.6 Å². The molecule has 0 saturated heterocycles. The standard InChI is InChI=1S/C15H34N4.HI/c1-12(2)9-8-10-13(3)18-14(16)17-11-15(4,5)19(6)7;/h12-13H,8-11H2,1-7H3,(H3,16,17,18);1H. The Labute approximate surface area is 143 Å². The number of rotatable bonds is 8. The normalized spacial score (nSPS) is 14.3. The predicted molar refractivity (Wildman–Crippen MR) is 101 cm³/mol. The van der Waals surface area contributed by atoms with Gasteiger partial charge in [-0.15, -0.1) is 24.0 Å². The van der Waals surface area contributed by atoms with Gasteiger partial charge in [-0.1, -0.05) is 26.7 Å². The minimum atomic E-state index is 0. The maximum Gasteiger partial charge on any atom is 0.188 e. The van der Waals surface area contributed by atoms with E-state index in [1.807, 2.05) is 0 Å². The van der Waals surface area contributed by atoms with Crippen LogP contribution < -0.4 is 11.1 Å². The van der Waals surface area contributed by atoms with Crippen LogP contribution in [0.2, 0.25) is 0 Å². The Bertz CT molecular complexity index is 275. The zero-order valence-electron chi connectivity index (χ0n) is 14.4. The summed E-state index contributed by atoms with van der Waals surface area (Å²) in [5.74, 6) is 1.34. The number of nitrogens with one attached hydrogen (secondary N) is 1. The van der Waals surface area contributed by atoms with Crippen LogP contribution in [0.1, 0.15) is 53.9 Å². The first-order chi connectivity index (χ1) is 8.65. The van der Waals surface area contributed by atoms with Crippen molar-refractivity contribution >= 4 is 29.9 Å². The number of likely N-dealkylation sites (N-methyl/N-ethyl adjacent to an activating group) is 1. The molecule has 0 aliphatic rings. The Morgan fingerprint density at radius 1 is 1.20 bits per heavy atom. The number of nitrogens with zero attached hydrogens (tertiary/aromatic N) is 2. The number of aliphatic imine (C=N–C) groups is 1. The molecular weight excluding hydrogens is 363 g/mol. The number of hydrogen-bond acceptors (Lipinski definition) is 2. The van der Waals surface area contributed by atoms with Crippen LogP contribution in [0.5, 0.6) is 0 Å². The Morgan fingerprint density at radius 2 is 1.75 bits per heavy atom. The van der Waals surface area contributed by atoms with Gasteiger partial charge in [-0.2, -0.15) is 0 Å². The highest BCUT2D eigenvalue weighted by atomic mass is 127. The molecule has 1 atom stereocenters. The zero-order valence-corrected chi connectivity index (χ0v) is 16.7. The fourth-order valence-electron chi connectivity index (χ4n) is 1.62. The molecule has 0 aromatic carbocycles. The van der Waals surface area contributed by atoms with Crippen LogP contribution >= 0.6 is 24.0 Å². The van der Waals surface area contributed by atoms with Crippen molar-refractivity contribution in [2.75, 3.05) is 20.6 Å². The second-order valence-corrected chi connectivity index (χ2v) is 6.78. The average molecular weight is 398 g/mol. The van der Waals surface area contributed by atoms with Crippen molar-refractivity contribution in [1.82, 2.24) is 10.2 Å². The summed E-state index contributed by atoms with van der Waals surface area (Å²) in [6.45, 7) is 11.7. The third-order valence-electron chi connectivity index (χ3n) is 3.66. The highest BCUT2D eigenvalue weighted by molar-refractivity contribution is 14.0. The monoisotopic (exact) mass is 398 g/mol. The molecular formula is C15H35IN4. The largest absolute Gasteiger partial charge is 0.370 e. The molecule has 0 saturated carbocycles. The highest BCUT2D eigenvalue weighted by Crippen LogP contribution is 2.10. The molecule has 0 aliphatic carbocycles. The number of hydrogen-bond donors (Lipinski definition) is 2. The molecule has 0 aromatic rings. The molecule has 0 spiro atoms. The van der Waals surface area contributed by atoms with Crippen molar-refractivity contribution in [3.05, 3.63) is 0 Å². The van der Waals surface area contributed by atoms with Gasteiger partial charge in [0.15, 0.2) is 5.96 Å². The molecule has 0 heterocycles. The van der Waals surface area contributed by atoms with E-state index < -0.39 is 0 Å². The quantitative estimate of drug-likeness (QED) is 0.375. The van der Waals surface area contributed by atoms with E-state index in [4.69, 9.17) is 5.73 Å². The molecule has 3 N–H and O–H groups in total.